The van der Waals surface area contributed by atoms with E-state index in [9.17, 15) is 9.59 Å². The predicted octanol–water partition coefficient (Wildman–Crippen LogP) is 2.22. The molecule has 7 heteroatoms. The van der Waals surface area contributed by atoms with E-state index in [2.05, 4.69) is 10.3 Å². The Balaban J connectivity index is 2.10. The maximum atomic E-state index is 12.1. The molecule has 0 spiro atoms. The number of aromatic nitrogens is 1. The molecule has 2 rings (SSSR count). The first-order chi connectivity index (χ1) is 9.88. The maximum Gasteiger partial charge on any atom is 0.355 e. The summed E-state index contributed by atoms with van der Waals surface area (Å²) in [7, 11) is 0. The predicted molar refractivity (Wildman–Crippen MR) is 80.5 cm³/mol. The number of nitrogen functional groups attached to an aromatic ring is 1. The van der Waals surface area contributed by atoms with Crippen molar-refractivity contribution in [3.05, 3.63) is 45.4 Å². The summed E-state index contributed by atoms with van der Waals surface area (Å²) in [4.78, 5) is 26.9. The van der Waals surface area contributed by atoms with Gasteiger partial charge < -0.3 is 16.2 Å². The first kappa shape index (κ1) is 15.0. The van der Waals surface area contributed by atoms with Gasteiger partial charge in [-0.3, -0.25) is 4.79 Å². The molecule has 1 amide bonds. The molecule has 6 nitrogen and oxygen atoms in total. The lowest BCUT2D eigenvalue weighted by molar-refractivity contribution is 0.0691. The summed E-state index contributed by atoms with van der Waals surface area (Å²) in [6.07, 6.45) is 0. The molecule has 0 aliphatic rings. The van der Waals surface area contributed by atoms with Gasteiger partial charge >= 0.3 is 5.97 Å². The van der Waals surface area contributed by atoms with E-state index < -0.39 is 5.97 Å². The minimum atomic E-state index is -1.08. The standard InChI is InChI=1S/C14H15N3O3S/c1-7-3-4-9(5-10(7)15)12(18)16-8(2)13-17-11(6-21-13)14(19)20/h3-6,8H,15H2,1-2H3,(H,16,18)(H,19,20). The molecule has 0 aliphatic carbocycles. The van der Waals surface area contributed by atoms with Crippen LogP contribution >= 0.6 is 11.3 Å². The second kappa shape index (κ2) is 5.92. The number of carbonyl (C=O) groups is 2. The number of carbonyl (C=O) groups excluding carboxylic acids is 1. The number of hydrogen-bond acceptors (Lipinski definition) is 5. The molecule has 0 saturated heterocycles. The van der Waals surface area contributed by atoms with Crippen molar-refractivity contribution < 1.29 is 14.7 Å². The highest BCUT2D eigenvalue weighted by atomic mass is 32.1. The number of nitrogens with zero attached hydrogens (tertiary/aromatic N) is 1. The monoisotopic (exact) mass is 305 g/mol. The lowest BCUT2D eigenvalue weighted by atomic mass is 10.1. The molecule has 1 aromatic carbocycles. The molecule has 110 valence electrons. The van der Waals surface area contributed by atoms with Crippen LogP contribution in [0.2, 0.25) is 0 Å². The van der Waals surface area contributed by atoms with Crippen molar-refractivity contribution in [2.75, 3.05) is 5.73 Å². The molecule has 1 aromatic heterocycles. The van der Waals surface area contributed by atoms with Gasteiger partial charge in [-0.25, -0.2) is 9.78 Å². The van der Waals surface area contributed by atoms with Crippen LogP contribution in [0.1, 0.15) is 44.4 Å². The van der Waals surface area contributed by atoms with Gasteiger partial charge in [-0.15, -0.1) is 11.3 Å². The summed E-state index contributed by atoms with van der Waals surface area (Å²) in [5.74, 6) is -1.36. The Morgan fingerprint density at radius 3 is 2.71 bits per heavy atom. The number of nitrogens with two attached hydrogens (primary N) is 1. The molecule has 4 N–H and O–H groups in total. The van der Waals surface area contributed by atoms with E-state index in [1.165, 1.54) is 16.7 Å². The number of rotatable bonds is 4. The maximum absolute atomic E-state index is 12.1. The fourth-order valence-electron chi connectivity index (χ4n) is 1.71. The Morgan fingerprint density at radius 2 is 2.14 bits per heavy atom. The van der Waals surface area contributed by atoms with Crippen LogP contribution < -0.4 is 11.1 Å². The molecular formula is C14H15N3O3S. The van der Waals surface area contributed by atoms with Crippen molar-refractivity contribution in [2.45, 2.75) is 19.9 Å². The zero-order chi connectivity index (χ0) is 15.6. The van der Waals surface area contributed by atoms with Crippen molar-refractivity contribution in [2.24, 2.45) is 0 Å². The molecule has 21 heavy (non-hydrogen) atoms. The average molecular weight is 305 g/mol. The zero-order valence-electron chi connectivity index (χ0n) is 11.6. The van der Waals surface area contributed by atoms with Gasteiger partial charge in [0.1, 0.15) is 5.01 Å². The Labute approximate surface area is 125 Å². The molecule has 0 radical (unpaired) electrons. The third-order valence-corrected chi connectivity index (χ3v) is 4.03. The molecule has 0 fully saturated rings. The highest BCUT2D eigenvalue weighted by Crippen LogP contribution is 2.19. The van der Waals surface area contributed by atoms with Gasteiger partial charge in [0.15, 0.2) is 5.69 Å². The highest BCUT2D eigenvalue weighted by molar-refractivity contribution is 7.09. The number of hydrogen-bond donors (Lipinski definition) is 3. The molecule has 1 atom stereocenters. The van der Waals surface area contributed by atoms with E-state index >= 15 is 0 Å². The molecule has 0 saturated carbocycles. The third kappa shape index (κ3) is 3.38. The SMILES string of the molecule is Cc1ccc(C(=O)NC(C)c2nc(C(=O)O)cs2)cc1N. The van der Waals surface area contributed by atoms with Crippen molar-refractivity contribution >= 4 is 28.9 Å². The molecule has 1 unspecified atom stereocenters. The highest BCUT2D eigenvalue weighted by Gasteiger charge is 2.17. The Kier molecular flexibility index (Phi) is 4.23. The van der Waals surface area contributed by atoms with Gasteiger partial charge in [0.05, 0.1) is 6.04 Å². The fraction of sp³-hybridized carbons (Fsp3) is 0.214. The van der Waals surface area contributed by atoms with Crippen molar-refractivity contribution in [1.29, 1.82) is 0 Å². The van der Waals surface area contributed by atoms with Crippen LogP contribution in [0.5, 0.6) is 0 Å². The number of aryl methyl sites for hydroxylation is 1. The fourth-order valence-corrected chi connectivity index (χ4v) is 2.51. The molecular weight excluding hydrogens is 290 g/mol. The van der Waals surface area contributed by atoms with Gasteiger partial charge in [-0.1, -0.05) is 6.07 Å². The first-order valence-electron chi connectivity index (χ1n) is 6.24. The lowest BCUT2D eigenvalue weighted by Gasteiger charge is -2.12. The second-order valence-electron chi connectivity index (χ2n) is 4.64. The molecule has 0 aliphatic heterocycles. The first-order valence-corrected chi connectivity index (χ1v) is 7.12. The lowest BCUT2D eigenvalue weighted by Crippen LogP contribution is -2.26. The van der Waals surface area contributed by atoms with Crippen LogP contribution in [0.4, 0.5) is 5.69 Å². The zero-order valence-corrected chi connectivity index (χ0v) is 12.4. The van der Waals surface area contributed by atoms with Gasteiger partial charge in [0.2, 0.25) is 0 Å². The third-order valence-electron chi connectivity index (χ3n) is 3.00. The Morgan fingerprint density at radius 1 is 1.43 bits per heavy atom. The number of benzene rings is 1. The van der Waals surface area contributed by atoms with Crippen LogP contribution in [0, 0.1) is 6.92 Å². The summed E-state index contributed by atoms with van der Waals surface area (Å²) < 4.78 is 0. The summed E-state index contributed by atoms with van der Waals surface area (Å²) in [5.41, 5.74) is 7.68. The number of carboxylic acids is 1. The quantitative estimate of drug-likeness (QED) is 0.751. The second-order valence-corrected chi connectivity index (χ2v) is 5.53. The summed E-state index contributed by atoms with van der Waals surface area (Å²) >= 11 is 1.20. The largest absolute Gasteiger partial charge is 0.476 e. The smallest absolute Gasteiger partial charge is 0.355 e. The number of nitrogens with one attached hydrogen (secondary N) is 1. The average Bonchev–Trinajstić information content (AvgIpc) is 2.91. The topological polar surface area (TPSA) is 105 Å². The van der Waals surface area contributed by atoms with E-state index in [0.717, 1.165) is 5.56 Å². The van der Waals surface area contributed by atoms with E-state index in [1.54, 1.807) is 25.1 Å². The van der Waals surface area contributed by atoms with Crippen LogP contribution in [-0.4, -0.2) is 22.0 Å². The normalized spacial score (nSPS) is 11.9. The minimum absolute atomic E-state index is 0.0179. The number of carboxylic acid groups (broad SMARTS) is 1. The van der Waals surface area contributed by atoms with Crippen LogP contribution in [0.3, 0.4) is 0 Å². The van der Waals surface area contributed by atoms with Crippen molar-refractivity contribution in [3.8, 4) is 0 Å². The number of aromatic carboxylic acids is 1. The van der Waals surface area contributed by atoms with E-state index in [-0.39, 0.29) is 17.6 Å². The van der Waals surface area contributed by atoms with E-state index in [0.29, 0.717) is 16.3 Å². The van der Waals surface area contributed by atoms with Crippen molar-refractivity contribution in [1.82, 2.24) is 10.3 Å². The Bertz CT molecular complexity index is 697. The Hall–Kier alpha value is -2.41. The van der Waals surface area contributed by atoms with E-state index in [1.807, 2.05) is 6.92 Å². The summed E-state index contributed by atoms with van der Waals surface area (Å²) in [5, 5.41) is 13.6. The van der Waals surface area contributed by atoms with Gasteiger partial charge in [0.25, 0.3) is 5.91 Å². The van der Waals surface area contributed by atoms with Gasteiger partial charge in [0, 0.05) is 16.6 Å². The summed E-state index contributed by atoms with van der Waals surface area (Å²) in [6, 6.07) is 4.71. The molecule has 0 bridgehead atoms. The summed E-state index contributed by atoms with van der Waals surface area (Å²) in [6.45, 7) is 3.61. The van der Waals surface area contributed by atoms with Crippen LogP contribution in [-0.2, 0) is 0 Å². The number of thiazole rings is 1. The number of amides is 1. The number of anilines is 1. The molecule has 2 aromatic rings. The van der Waals surface area contributed by atoms with Crippen molar-refractivity contribution in [3.63, 3.8) is 0 Å². The van der Waals surface area contributed by atoms with Crippen LogP contribution in [0.25, 0.3) is 0 Å². The van der Waals surface area contributed by atoms with E-state index in [4.69, 9.17) is 10.8 Å². The van der Waals surface area contributed by atoms with Gasteiger partial charge in [-0.2, -0.15) is 0 Å². The van der Waals surface area contributed by atoms with Gasteiger partial charge in [-0.05, 0) is 31.5 Å². The minimum Gasteiger partial charge on any atom is -0.476 e. The molecule has 1 heterocycles. The van der Waals surface area contributed by atoms with Crippen LogP contribution in [0.15, 0.2) is 23.6 Å².